The van der Waals surface area contributed by atoms with E-state index < -0.39 is 0 Å². The fourth-order valence-corrected chi connectivity index (χ4v) is 5.10. The number of anilines is 1. The van der Waals surface area contributed by atoms with Crippen LogP contribution in [0.1, 0.15) is 28.2 Å². The van der Waals surface area contributed by atoms with Crippen LogP contribution in [-0.4, -0.2) is 32.7 Å². The summed E-state index contributed by atoms with van der Waals surface area (Å²) in [6.07, 6.45) is 5.50. The highest BCUT2D eigenvalue weighted by Gasteiger charge is 2.27. The third-order valence-electron chi connectivity index (χ3n) is 6.78. The average Bonchev–Trinajstić information content (AvgIpc) is 3.31. The van der Waals surface area contributed by atoms with Gasteiger partial charge in [0.2, 0.25) is 5.95 Å². The van der Waals surface area contributed by atoms with Crippen LogP contribution in [0.15, 0.2) is 91.3 Å². The number of hydrogen-bond acceptors (Lipinski definition) is 4. The number of aliphatic hydroxyl groups excluding tert-OH is 1. The van der Waals surface area contributed by atoms with E-state index in [9.17, 15) is 5.11 Å². The third kappa shape index (κ3) is 3.74. The monoisotopic (exact) mass is 446 g/mol. The zero-order chi connectivity index (χ0) is 22.9. The molecule has 34 heavy (non-hydrogen) atoms. The van der Waals surface area contributed by atoms with Crippen LogP contribution in [-0.2, 0) is 12.8 Å². The Hall–Kier alpha value is -3.96. The van der Waals surface area contributed by atoms with E-state index in [2.05, 4.69) is 82.0 Å². The van der Waals surface area contributed by atoms with Crippen molar-refractivity contribution in [1.29, 1.82) is 0 Å². The molecule has 168 valence electrons. The van der Waals surface area contributed by atoms with Crippen molar-refractivity contribution < 1.29 is 5.11 Å². The molecular weight excluding hydrogens is 420 g/mol. The van der Waals surface area contributed by atoms with Crippen LogP contribution in [0.4, 0.5) is 5.95 Å². The summed E-state index contributed by atoms with van der Waals surface area (Å²) in [5.74, 6) is 0.838. The Morgan fingerprint density at radius 2 is 1.76 bits per heavy atom. The lowest BCUT2D eigenvalue weighted by Gasteiger charge is -2.28. The fraction of sp³-hybridized carbons (Fsp3) is 0.172. The lowest BCUT2D eigenvalue weighted by molar-refractivity contribution is 0.273. The number of aliphatic hydroxyl groups is 1. The number of benzene rings is 3. The van der Waals surface area contributed by atoms with Gasteiger partial charge in [0.15, 0.2) is 0 Å². The Labute approximate surface area is 198 Å². The van der Waals surface area contributed by atoms with Gasteiger partial charge in [-0.15, -0.1) is 0 Å². The average molecular weight is 447 g/mol. The van der Waals surface area contributed by atoms with Crippen LogP contribution in [0.25, 0.3) is 22.2 Å². The molecule has 1 aliphatic carbocycles. The normalized spacial score (nSPS) is 15.5. The number of nitrogens with one attached hydrogen (secondary N) is 2. The number of hydrogen-bond donors (Lipinski definition) is 3. The zero-order valence-electron chi connectivity index (χ0n) is 18.8. The van der Waals surface area contributed by atoms with Crippen molar-refractivity contribution >= 4 is 16.9 Å². The minimum atomic E-state index is -0.187. The van der Waals surface area contributed by atoms with Gasteiger partial charge in [-0.1, -0.05) is 72.8 Å². The van der Waals surface area contributed by atoms with Crippen molar-refractivity contribution in [2.45, 2.75) is 24.8 Å². The number of rotatable bonds is 6. The number of H-pyrrole nitrogens is 1. The molecule has 1 unspecified atom stereocenters. The van der Waals surface area contributed by atoms with Crippen LogP contribution in [0.3, 0.4) is 0 Å². The summed E-state index contributed by atoms with van der Waals surface area (Å²) in [6.45, 7) is -0.00732. The number of aromatic amines is 1. The highest BCUT2D eigenvalue weighted by atomic mass is 16.3. The summed E-state index contributed by atoms with van der Waals surface area (Å²) in [7, 11) is 0. The van der Waals surface area contributed by atoms with Gasteiger partial charge in [0, 0.05) is 34.8 Å². The van der Waals surface area contributed by atoms with Crippen molar-refractivity contribution in [1.82, 2.24) is 15.0 Å². The Morgan fingerprint density at radius 1 is 0.971 bits per heavy atom. The molecule has 6 rings (SSSR count). The summed E-state index contributed by atoms with van der Waals surface area (Å²) in [4.78, 5) is 12.9. The van der Waals surface area contributed by atoms with Gasteiger partial charge in [-0.25, -0.2) is 9.97 Å². The molecule has 5 aromatic rings. The predicted molar refractivity (Wildman–Crippen MR) is 136 cm³/mol. The predicted octanol–water partition coefficient (Wildman–Crippen LogP) is 5.33. The molecule has 0 spiro atoms. The van der Waals surface area contributed by atoms with Gasteiger partial charge in [-0.3, -0.25) is 0 Å². The first-order valence-corrected chi connectivity index (χ1v) is 11.7. The van der Waals surface area contributed by atoms with Crippen molar-refractivity contribution in [3.05, 3.63) is 114 Å². The number of nitrogens with zero attached hydrogens (tertiary/aromatic N) is 2. The van der Waals surface area contributed by atoms with E-state index in [0.29, 0.717) is 18.3 Å². The topological polar surface area (TPSA) is 73.8 Å². The van der Waals surface area contributed by atoms with Gasteiger partial charge in [0.1, 0.15) is 0 Å². The van der Waals surface area contributed by atoms with E-state index in [-0.39, 0.29) is 12.6 Å². The molecule has 0 fully saturated rings. The molecule has 0 aliphatic heterocycles. The van der Waals surface area contributed by atoms with E-state index in [4.69, 9.17) is 4.98 Å². The second-order valence-electron chi connectivity index (χ2n) is 8.91. The van der Waals surface area contributed by atoms with Crippen LogP contribution >= 0.6 is 0 Å². The Balaban J connectivity index is 1.29. The highest BCUT2D eigenvalue weighted by molar-refractivity contribution is 5.83. The van der Waals surface area contributed by atoms with Gasteiger partial charge in [-0.05, 0) is 41.2 Å². The van der Waals surface area contributed by atoms with E-state index in [1.807, 2.05) is 24.5 Å². The van der Waals surface area contributed by atoms with Crippen LogP contribution < -0.4 is 5.32 Å². The number of fused-ring (bicyclic) bond motifs is 4. The zero-order valence-corrected chi connectivity index (χ0v) is 18.8. The first-order chi connectivity index (χ1) is 16.8. The molecule has 5 heteroatoms. The first kappa shape index (κ1) is 20.6. The first-order valence-electron chi connectivity index (χ1n) is 11.7. The lowest BCUT2D eigenvalue weighted by atomic mass is 9.78. The Morgan fingerprint density at radius 3 is 2.65 bits per heavy atom. The maximum absolute atomic E-state index is 10.1. The number of aromatic nitrogens is 3. The van der Waals surface area contributed by atoms with Crippen LogP contribution in [0.5, 0.6) is 0 Å². The molecule has 2 aromatic heterocycles. The summed E-state index contributed by atoms with van der Waals surface area (Å²) < 4.78 is 0. The van der Waals surface area contributed by atoms with Gasteiger partial charge in [0.05, 0.1) is 18.3 Å². The van der Waals surface area contributed by atoms with E-state index in [1.54, 1.807) is 0 Å². The maximum atomic E-state index is 10.1. The SMILES string of the molecule is OC[C@@H](Cc1c[nH]c2ccccc12)Nc1ncc2c(n1)-c1ccccc1C(c1ccccc1)C2. The van der Waals surface area contributed by atoms with Gasteiger partial charge < -0.3 is 15.4 Å². The van der Waals surface area contributed by atoms with Crippen LogP contribution in [0, 0.1) is 0 Å². The second-order valence-corrected chi connectivity index (χ2v) is 8.91. The smallest absolute Gasteiger partial charge is 0.223 e. The standard InChI is InChI=1S/C29H26N4O/c34-18-22(14-20-16-30-27-13-7-6-10-23(20)27)32-29-31-17-21-15-26(19-8-2-1-3-9-19)24-11-4-5-12-25(24)28(21)33-29/h1-13,16-17,22,26,30,34H,14-15,18H2,(H,31,32,33)/t22-,26?/m1/s1. The quantitative estimate of drug-likeness (QED) is 0.330. The molecule has 0 amide bonds. The molecule has 3 N–H and O–H groups in total. The molecule has 0 saturated heterocycles. The third-order valence-corrected chi connectivity index (χ3v) is 6.78. The minimum Gasteiger partial charge on any atom is -0.394 e. The summed E-state index contributed by atoms with van der Waals surface area (Å²) in [6, 6.07) is 27.2. The minimum absolute atomic E-state index is 0.00732. The summed E-state index contributed by atoms with van der Waals surface area (Å²) in [5, 5.41) is 14.6. The van der Waals surface area contributed by atoms with Crippen molar-refractivity contribution in [3.8, 4) is 11.3 Å². The Bertz CT molecular complexity index is 1440. The van der Waals surface area contributed by atoms with Crippen LogP contribution in [0.2, 0.25) is 0 Å². The molecule has 0 radical (unpaired) electrons. The molecular formula is C29H26N4O. The fourth-order valence-electron chi connectivity index (χ4n) is 5.10. The second kappa shape index (κ2) is 8.76. The molecule has 0 saturated carbocycles. The molecule has 2 atom stereocenters. The van der Waals surface area contributed by atoms with Gasteiger partial charge in [-0.2, -0.15) is 0 Å². The highest BCUT2D eigenvalue weighted by Crippen LogP contribution is 2.41. The van der Waals surface area contributed by atoms with E-state index in [0.717, 1.165) is 34.3 Å². The van der Waals surface area contributed by atoms with E-state index in [1.165, 1.54) is 16.5 Å². The molecule has 2 heterocycles. The van der Waals surface area contributed by atoms with Crippen molar-refractivity contribution in [2.24, 2.45) is 0 Å². The van der Waals surface area contributed by atoms with Crippen molar-refractivity contribution in [3.63, 3.8) is 0 Å². The lowest BCUT2D eigenvalue weighted by Crippen LogP contribution is -2.27. The summed E-state index contributed by atoms with van der Waals surface area (Å²) >= 11 is 0. The molecule has 3 aromatic carbocycles. The summed E-state index contributed by atoms with van der Waals surface area (Å²) in [5.41, 5.74) is 8.14. The number of para-hydroxylation sites is 1. The van der Waals surface area contributed by atoms with Gasteiger partial charge in [0.25, 0.3) is 0 Å². The maximum Gasteiger partial charge on any atom is 0.223 e. The van der Waals surface area contributed by atoms with Crippen molar-refractivity contribution in [2.75, 3.05) is 11.9 Å². The Kier molecular flexibility index (Phi) is 5.32. The molecule has 0 bridgehead atoms. The van der Waals surface area contributed by atoms with E-state index >= 15 is 0 Å². The largest absolute Gasteiger partial charge is 0.394 e. The molecule has 5 nitrogen and oxygen atoms in total. The molecule has 1 aliphatic rings. The van der Waals surface area contributed by atoms with Gasteiger partial charge >= 0.3 is 0 Å².